The summed E-state index contributed by atoms with van der Waals surface area (Å²) < 4.78 is 33.0. The molecule has 1 aliphatic rings. The van der Waals surface area contributed by atoms with Crippen molar-refractivity contribution in [3.8, 4) is 0 Å². The first-order chi connectivity index (χ1) is 14.7. The first kappa shape index (κ1) is 23.0. The highest BCUT2D eigenvalue weighted by Crippen LogP contribution is 2.29. The van der Waals surface area contributed by atoms with Crippen LogP contribution in [0.15, 0.2) is 42.9 Å². The maximum atomic E-state index is 10.6. The molecule has 1 saturated heterocycles. The second-order valence-corrected chi connectivity index (χ2v) is 8.29. The molecule has 0 bridgehead atoms. The summed E-state index contributed by atoms with van der Waals surface area (Å²) in [5.74, 6) is -2.76. The van der Waals surface area contributed by atoms with Gasteiger partial charge in [-0.1, -0.05) is 0 Å². The molecule has 166 valence electrons. The van der Waals surface area contributed by atoms with Crippen LogP contribution in [0.3, 0.4) is 0 Å². The SMILES string of the molecule is CC(NCc1ccc(N2CCCC2)cn1)c1cc2ccncc2s1.O=C(O)C(F)(F)F. The molecule has 1 unspecified atom stereocenters. The largest absolute Gasteiger partial charge is 0.490 e. The molecule has 1 atom stereocenters. The monoisotopic (exact) mass is 452 g/mol. The van der Waals surface area contributed by atoms with Crippen LogP contribution in [0.2, 0.25) is 0 Å². The van der Waals surface area contributed by atoms with Gasteiger partial charge in [-0.25, -0.2) is 4.79 Å². The van der Waals surface area contributed by atoms with Crippen LogP contribution in [0.4, 0.5) is 18.9 Å². The number of nitrogens with one attached hydrogen (secondary N) is 1. The van der Waals surface area contributed by atoms with Gasteiger partial charge in [-0.05, 0) is 49.4 Å². The standard InChI is InChI=1S/C19H22N4S.C2HF3O2/c1-14(18-10-15-6-7-20-13-19(15)24-18)21-11-16-4-5-17(12-22-16)23-8-2-3-9-23;3-2(4,5)1(6)7/h4-7,10,12-14,21H,2-3,8-9,11H2,1H3;(H,6,7). The third-order valence-electron chi connectivity index (χ3n) is 4.88. The zero-order valence-corrected chi connectivity index (χ0v) is 17.7. The molecule has 0 spiro atoms. The smallest absolute Gasteiger partial charge is 0.475 e. The van der Waals surface area contributed by atoms with Gasteiger partial charge in [0.2, 0.25) is 0 Å². The van der Waals surface area contributed by atoms with Crippen LogP contribution in [-0.2, 0) is 11.3 Å². The maximum Gasteiger partial charge on any atom is 0.490 e. The minimum Gasteiger partial charge on any atom is -0.475 e. The Morgan fingerprint density at radius 3 is 2.55 bits per heavy atom. The van der Waals surface area contributed by atoms with Gasteiger partial charge >= 0.3 is 12.1 Å². The summed E-state index contributed by atoms with van der Waals surface area (Å²) in [5, 5.41) is 12.0. The predicted octanol–water partition coefficient (Wildman–Crippen LogP) is 4.78. The lowest BCUT2D eigenvalue weighted by Crippen LogP contribution is -2.21. The zero-order chi connectivity index (χ0) is 22.4. The van der Waals surface area contributed by atoms with Gasteiger partial charge in [0.1, 0.15) is 0 Å². The van der Waals surface area contributed by atoms with E-state index >= 15 is 0 Å². The lowest BCUT2D eigenvalue weighted by molar-refractivity contribution is -0.192. The number of hydrogen-bond acceptors (Lipinski definition) is 6. The second kappa shape index (κ2) is 10.1. The molecular formula is C21H23F3N4O2S. The molecule has 2 N–H and O–H groups in total. The van der Waals surface area contributed by atoms with Gasteiger partial charge < -0.3 is 15.3 Å². The van der Waals surface area contributed by atoms with Crippen molar-refractivity contribution in [3.63, 3.8) is 0 Å². The quantitative estimate of drug-likeness (QED) is 0.580. The number of carboxylic acids is 1. The van der Waals surface area contributed by atoms with Gasteiger partial charge in [0.25, 0.3) is 0 Å². The van der Waals surface area contributed by atoms with E-state index in [-0.39, 0.29) is 0 Å². The molecule has 0 saturated carbocycles. The van der Waals surface area contributed by atoms with Gasteiger partial charge in [-0.3, -0.25) is 9.97 Å². The normalized spacial score (nSPS) is 14.9. The van der Waals surface area contributed by atoms with Gasteiger partial charge in [0.15, 0.2) is 0 Å². The Hall–Kier alpha value is -2.72. The van der Waals surface area contributed by atoms with Gasteiger partial charge in [0, 0.05) is 42.9 Å². The molecule has 0 amide bonds. The summed E-state index contributed by atoms with van der Waals surface area (Å²) in [6, 6.07) is 8.97. The van der Waals surface area contributed by atoms with E-state index in [4.69, 9.17) is 9.90 Å². The highest BCUT2D eigenvalue weighted by molar-refractivity contribution is 7.19. The first-order valence-electron chi connectivity index (χ1n) is 9.81. The van der Waals surface area contributed by atoms with Crippen molar-refractivity contribution >= 4 is 33.1 Å². The predicted molar refractivity (Wildman–Crippen MR) is 114 cm³/mol. The fraction of sp³-hybridized carbons (Fsp3) is 0.381. The summed E-state index contributed by atoms with van der Waals surface area (Å²) >= 11 is 1.81. The van der Waals surface area contributed by atoms with Crippen molar-refractivity contribution in [2.45, 2.75) is 38.5 Å². The van der Waals surface area contributed by atoms with E-state index in [1.165, 1.54) is 33.5 Å². The lowest BCUT2D eigenvalue weighted by Gasteiger charge is -2.17. The van der Waals surface area contributed by atoms with Crippen LogP contribution >= 0.6 is 11.3 Å². The average Bonchev–Trinajstić information content (AvgIpc) is 3.42. The van der Waals surface area contributed by atoms with Crippen LogP contribution in [0, 0.1) is 0 Å². The number of nitrogens with zero attached hydrogens (tertiary/aromatic N) is 3. The highest BCUT2D eigenvalue weighted by Gasteiger charge is 2.38. The van der Waals surface area contributed by atoms with E-state index < -0.39 is 12.1 Å². The Balaban J connectivity index is 0.000000339. The third-order valence-corrected chi connectivity index (χ3v) is 6.15. The number of anilines is 1. The summed E-state index contributed by atoms with van der Waals surface area (Å²) in [6.45, 7) is 5.32. The summed E-state index contributed by atoms with van der Waals surface area (Å²) in [5.41, 5.74) is 2.34. The van der Waals surface area contributed by atoms with Crippen LogP contribution in [0.5, 0.6) is 0 Å². The molecule has 3 aromatic heterocycles. The van der Waals surface area contributed by atoms with Gasteiger partial charge in [0.05, 0.1) is 22.3 Å². The Labute approximate surface area is 181 Å². The number of rotatable bonds is 5. The Morgan fingerprint density at radius 2 is 1.97 bits per heavy atom. The van der Waals surface area contributed by atoms with Crippen molar-refractivity contribution in [2.75, 3.05) is 18.0 Å². The molecule has 0 aromatic carbocycles. The molecule has 0 radical (unpaired) electrons. The molecule has 4 rings (SSSR count). The molecule has 1 fully saturated rings. The van der Waals surface area contributed by atoms with Crippen molar-refractivity contribution in [1.82, 2.24) is 15.3 Å². The number of carbonyl (C=O) groups is 1. The zero-order valence-electron chi connectivity index (χ0n) is 16.9. The number of alkyl halides is 3. The van der Waals surface area contributed by atoms with Crippen molar-refractivity contribution in [2.24, 2.45) is 0 Å². The van der Waals surface area contributed by atoms with Crippen molar-refractivity contribution in [3.05, 3.63) is 53.4 Å². The molecule has 0 aliphatic carbocycles. The number of aromatic nitrogens is 2. The van der Waals surface area contributed by atoms with E-state index in [1.54, 1.807) is 0 Å². The van der Waals surface area contributed by atoms with Gasteiger partial charge in [-0.2, -0.15) is 13.2 Å². The molecule has 31 heavy (non-hydrogen) atoms. The number of carboxylic acid groups (broad SMARTS) is 1. The third kappa shape index (κ3) is 6.38. The topological polar surface area (TPSA) is 78.3 Å². The van der Waals surface area contributed by atoms with E-state index in [2.05, 4.69) is 51.4 Å². The van der Waals surface area contributed by atoms with Crippen LogP contribution in [-0.4, -0.2) is 40.3 Å². The minimum absolute atomic E-state index is 0.308. The average molecular weight is 453 g/mol. The number of halogens is 3. The molecular weight excluding hydrogens is 429 g/mol. The Bertz CT molecular complexity index is 969. The Kier molecular flexibility index (Phi) is 7.45. The lowest BCUT2D eigenvalue weighted by atomic mass is 10.2. The van der Waals surface area contributed by atoms with E-state index in [1.807, 2.05) is 29.9 Å². The Morgan fingerprint density at radius 1 is 1.26 bits per heavy atom. The molecule has 1 aliphatic heterocycles. The number of pyridine rings is 2. The molecule has 3 aromatic rings. The highest BCUT2D eigenvalue weighted by atomic mass is 32.1. The maximum absolute atomic E-state index is 10.6. The second-order valence-electron chi connectivity index (χ2n) is 7.17. The fourth-order valence-electron chi connectivity index (χ4n) is 3.16. The van der Waals surface area contributed by atoms with Crippen molar-refractivity contribution in [1.29, 1.82) is 0 Å². The number of hydrogen-bond donors (Lipinski definition) is 2. The van der Waals surface area contributed by atoms with Crippen LogP contribution < -0.4 is 10.2 Å². The number of thiophene rings is 1. The minimum atomic E-state index is -5.08. The van der Waals surface area contributed by atoms with Crippen LogP contribution in [0.1, 0.15) is 36.4 Å². The summed E-state index contributed by atoms with van der Waals surface area (Å²) in [4.78, 5) is 21.5. The van der Waals surface area contributed by atoms with Crippen molar-refractivity contribution < 1.29 is 23.1 Å². The molecule has 6 nitrogen and oxygen atoms in total. The van der Waals surface area contributed by atoms with Gasteiger partial charge in [-0.15, -0.1) is 11.3 Å². The van der Waals surface area contributed by atoms with Crippen LogP contribution in [0.25, 0.3) is 10.1 Å². The molecule has 10 heteroatoms. The summed E-state index contributed by atoms with van der Waals surface area (Å²) in [7, 11) is 0. The van der Waals surface area contributed by atoms with E-state index in [9.17, 15) is 13.2 Å². The number of aliphatic carboxylic acids is 1. The first-order valence-corrected chi connectivity index (χ1v) is 10.6. The van der Waals surface area contributed by atoms with E-state index in [0.29, 0.717) is 6.04 Å². The number of fused-ring (bicyclic) bond motifs is 1. The van der Waals surface area contributed by atoms with E-state index in [0.717, 1.165) is 25.3 Å². The summed E-state index contributed by atoms with van der Waals surface area (Å²) in [6.07, 6.45) is 3.31. The molecule has 4 heterocycles. The fourth-order valence-corrected chi connectivity index (χ4v) is 4.22.